The van der Waals surface area contributed by atoms with E-state index in [0.717, 1.165) is 39.3 Å². The van der Waals surface area contributed by atoms with E-state index in [0.29, 0.717) is 18.1 Å². The highest BCUT2D eigenvalue weighted by molar-refractivity contribution is 7.99. The van der Waals surface area contributed by atoms with Gasteiger partial charge in [0.1, 0.15) is 12.7 Å². The van der Waals surface area contributed by atoms with Gasteiger partial charge in [-0.1, -0.05) is 0 Å². The molecular weight excluding hydrogens is 374 g/mol. The van der Waals surface area contributed by atoms with Gasteiger partial charge in [0.05, 0.1) is 19.3 Å². The fraction of sp³-hybridized carbons (Fsp3) is 0.824. The molecule has 156 valence electrons. The highest BCUT2D eigenvalue weighted by Gasteiger charge is 2.18. The molecule has 0 unspecified atom stereocenters. The minimum atomic E-state index is -0.648. The average molecular weight is 406 g/mol. The molecule has 1 saturated heterocycles. The first-order valence-corrected chi connectivity index (χ1v) is 10.3. The number of carbonyl (C=O) groups excluding carboxylic acids is 3. The molecule has 0 radical (unpaired) electrons. The molecule has 1 heterocycles. The zero-order valence-electron chi connectivity index (χ0n) is 16.1. The van der Waals surface area contributed by atoms with E-state index in [1.807, 2.05) is 0 Å². The molecule has 1 aliphatic heterocycles. The number of nitrogens with zero attached hydrogens (tertiary/aromatic N) is 1. The van der Waals surface area contributed by atoms with E-state index in [1.165, 1.54) is 25.6 Å². The van der Waals surface area contributed by atoms with Gasteiger partial charge in [0.15, 0.2) is 0 Å². The van der Waals surface area contributed by atoms with Gasteiger partial charge in [0.2, 0.25) is 5.91 Å². The topological polar surface area (TPSA) is 120 Å². The van der Waals surface area contributed by atoms with Gasteiger partial charge in [-0.05, 0) is 13.0 Å². The van der Waals surface area contributed by atoms with Crippen LogP contribution in [-0.2, 0) is 28.6 Å². The Bertz CT molecular complexity index is 474. The van der Waals surface area contributed by atoms with Crippen molar-refractivity contribution in [1.82, 2.24) is 10.2 Å². The summed E-state index contributed by atoms with van der Waals surface area (Å²) in [5.74, 6) is -0.313. The minimum absolute atomic E-state index is 0.00904. The Morgan fingerprint density at radius 1 is 1.19 bits per heavy atom. The maximum Gasteiger partial charge on any atom is 0.303 e. The second-order valence-electron chi connectivity index (χ2n) is 6.28. The summed E-state index contributed by atoms with van der Waals surface area (Å²) in [7, 11) is 0. The Labute approximate surface area is 164 Å². The van der Waals surface area contributed by atoms with Gasteiger partial charge in [-0.2, -0.15) is 11.8 Å². The molecule has 0 aromatic rings. The third kappa shape index (κ3) is 11.9. The van der Waals surface area contributed by atoms with Crippen LogP contribution in [0.5, 0.6) is 0 Å². The van der Waals surface area contributed by atoms with Crippen molar-refractivity contribution in [3.05, 3.63) is 0 Å². The molecule has 9 nitrogen and oxygen atoms in total. The van der Waals surface area contributed by atoms with Crippen LogP contribution < -0.4 is 11.1 Å². The van der Waals surface area contributed by atoms with Gasteiger partial charge in [-0.15, -0.1) is 0 Å². The molecule has 10 heteroatoms. The smallest absolute Gasteiger partial charge is 0.303 e. The quantitative estimate of drug-likeness (QED) is 0.323. The fourth-order valence-corrected chi connectivity index (χ4v) is 3.40. The number of morpholine rings is 1. The third-order valence-corrected chi connectivity index (χ3v) is 5.00. The second kappa shape index (κ2) is 13.8. The molecule has 1 aliphatic rings. The number of thioether (sulfide) groups is 1. The Kier molecular flexibility index (Phi) is 12.1. The largest absolute Gasteiger partial charge is 0.462 e. The Balaban J connectivity index is 2.16. The van der Waals surface area contributed by atoms with Crippen LogP contribution in [0.2, 0.25) is 0 Å². The predicted molar refractivity (Wildman–Crippen MR) is 102 cm³/mol. The first-order chi connectivity index (χ1) is 12.9. The normalized spacial score (nSPS) is 17.0. The molecule has 0 saturated carbocycles. The van der Waals surface area contributed by atoms with Gasteiger partial charge in [0, 0.05) is 45.0 Å². The van der Waals surface area contributed by atoms with Crippen molar-refractivity contribution in [3.8, 4) is 0 Å². The summed E-state index contributed by atoms with van der Waals surface area (Å²) >= 11 is 1.38. The van der Waals surface area contributed by atoms with E-state index >= 15 is 0 Å². The zero-order valence-corrected chi connectivity index (χ0v) is 16.9. The van der Waals surface area contributed by atoms with Gasteiger partial charge < -0.3 is 25.3 Å². The van der Waals surface area contributed by atoms with Crippen molar-refractivity contribution < 1.29 is 28.6 Å². The lowest BCUT2D eigenvalue weighted by Crippen LogP contribution is -2.44. The van der Waals surface area contributed by atoms with E-state index in [1.54, 1.807) is 0 Å². The molecule has 27 heavy (non-hydrogen) atoms. The number of hydrogen-bond acceptors (Lipinski definition) is 9. The minimum Gasteiger partial charge on any atom is -0.462 e. The average Bonchev–Trinajstić information content (AvgIpc) is 2.63. The molecule has 0 aromatic heterocycles. The summed E-state index contributed by atoms with van der Waals surface area (Å²) in [6.45, 7) is 7.47. The standard InChI is InChI=1S/C17H31N3O6S/c1-13(21)25-10-15(26-14(2)22)11-27-12-16(18)17(23)19-4-3-5-20-6-8-24-9-7-20/h15-16H,3-12,18H2,1-2H3,(H,19,23)/t15-,16+/m1/s1. The number of carbonyl (C=O) groups is 3. The van der Waals surface area contributed by atoms with Crippen LogP contribution in [0.3, 0.4) is 0 Å². The van der Waals surface area contributed by atoms with Crippen LogP contribution in [-0.4, -0.2) is 92.4 Å². The summed E-state index contributed by atoms with van der Waals surface area (Å²) in [4.78, 5) is 36.3. The van der Waals surface area contributed by atoms with Crippen molar-refractivity contribution in [2.45, 2.75) is 32.4 Å². The highest BCUT2D eigenvalue weighted by Crippen LogP contribution is 2.09. The Morgan fingerprint density at radius 3 is 2.52 bits per heavy atom. The molecular formula is C17H31N3O6S. The zero-order chi connectivity index (χ0) is 20.1. The first kappa shape index (κ1) is 23.7. The molecule has 1 rings (SSSR count). The summed E-state index contributed by atoms with van der Waals surface area (Å²) in [6, 6.07) is -0.648. The van der Waals surface area contributed by atoms with E-state index in [9.17, 15) is 14.4 Å². The number of esters is 2. The number of amides is 1. The van der Waals surface area contributed by atoms with Crippen LogP contribution in [0.4, 0.5) is 0 Å². The summed E-state index contributed by atoms with van der Waals surface area (Å²) in [5, 5.41) is 2.84. The lowest BCUT2D eigenvalue weighted by atomic mass is 10.3. The number of nitrogens with two attached hydrogens (primary N) is 1. The Hall–Kier alpha value is -1.36. The molecule has 0 bridgehead atoms. The van der Waals surface area contributed by atoms with Crippen LogP contribution in [0, 0.1) is 0 Å². The summed E-state index contributed by atoms with van der Waals surface area (Å²) < 4.78 is 15.3. The first-order valence-electron chi connectivity index (χ1n) is 9.10. The lowest BCUT2D eigenvalue weighted by Gasteiger charge is -2.26. The maximum atomic E-state index is 12.0. The van der Waals surface area contributed by atoms with Gasteiger partial charge >= 0.3 is 11.9 Å². The number of nitrogens with one attached hydrogen (secondary N) is 1. The van der Waals surface area contributed by atoms with Crippen molar-refractivity contribution in [1.29, 1.82) is 0 Å². The van der Waals surface area contributed by atoms with Gasteiger partial charge in [-0.25, -0.2) is 0 Å². The highest BCUT2D eigenvalue weighted by atomic mass is 32.2. The number of rotatable bonds is 12. The third-order valence-electron chi connectivity index (χ3n) is 3.80. The van der Waals surface area contributed by atoms with E-state index < -0.39 is 24.1 Å². The SMILES string of the molecule is CC(=O)OC[C@H](CSC[C@H](N)C(=O)NCCCN1CCOCC1)OC(C)=O. The molecule has 1 fully saturated rings. The molecule has 2 atom stereocenters. The van der Waals surface area contributed by atoms with Crippen molar-refractivity contribution >= 4 is 29.6 Å². The van der Waals surface area contributed by atoms with Crippen molar-refractivity contribution in [3.63, 3.8) is 0 Å². The van der Waals surface area contributed by atoms with Gasteiger partial charge in [-0.3, -0.25) is 19.3 Å². The molecule has 1 amide bonds. The molecule has 0 aromatic carbocycles. The Morgan fingerprint density at radius 2 is 1.89 bits per heavy atom. The molecule has 3 N–H and O–H groups in total. The molecule has 0 spiro atoms. The van der Waals surface area contributed by atoms with Crippen molar-refractivity contribution in [2.75, 3.05) is 57.5 Å². The van der Waals surface area contributed by atoms with Gasteiger partial charge in [0.25, 0.3) is 0 Å². The van der Waals surface area contributed by atoms with Crippen LogP contribution in [0.15, 0.2) is 0 Å². The fourth-order valence-electron chi connectivity index (χ4n) is 2.43. The number of ether oxygens (including phenoxy) is 3. The lowest BCUT2D eigenvalue weighted by molar-refractivity contribution is -0.154. The predicted octanol–water partition coefficient (Wildman–Crippen LogP) is -0.620. The van der Waals surface area contributed by atoms with Crippen LogP contribution in [0.25, 0.3) is 0 Å². The van der Waals surface area contributed by atoms with E-state index in [2.05, 4.69) is 10.2 Å². The van der Waals surface area contributed by atoms with Crippen molar-refractivity contribution in [2.24, 2.45) is 5.73 Å². The van der Waals surface area contributed by atoms with Crippen LogP contribution >= 0.6 is 11.8 Å². The van der Waals surface area contributed by atoms with E-state index in [-0.39, 0.29) is 12.5 Å². The maximum absolute atomic E-state index is 12.0. The summed E-state index contributed by atoms with van der Waals surface area (Å²) in [5.41, 5.74) is 5.90. The second-order valence-corrected chi connectivity index (χ2v) is 7.35. The molecule has 0 aliphatic carbocycles. The number of hydrogen-bond donors (Lipinski definition) is 2. The summed E-state index contributed by atoms with van der Waals surface area (Å²) in [6.07, 6.45) is 0.308. The monoisotopic (exact) mass is 405 g/mol. The van der Waals surface area contributed by atoms with E-state index in [4.69, 9.17) is 19.9 Å². The van der Waals surface area contributed by atoms with Crippen LogP contribution in [0.1, 0.15) is 20.3 Å².